The van der Waals surface area contributed by atoms with E-state index in [2.05, 4.69) is 45.0 Å². The molecule has 1 aromatic heterocycles. The summed E-state index contributed by atoms with van der Waals surface area (Å²) in [5.74, 6) is 1.17. The Labute approximate surface area is 109 Å². The number of nitrogen functional groups attached to an aromatic ring is 1. The van der Waals surface area contributed by atoms with Gasteiger partial charge in [-0.1, -0.05) is 27.2 Å². The van der Waals surface area contributed by atoms with Gasteiger partial charge in [0.1, 0.15) is 0 Å². The Morgan fingerprint density at radius 3 is 2.82 bits per heavy atom. The minimum absolute atomic E-state index is 0.416. The third kappa shape index (κ3) is 2.79. The van der Waals surface area contributed by atoms with Crippen LogP contribution < -0.4 is 10.6 Å². The van der Waals surface area contributed by atoms with Crippen molar-refractivity contribution in [2.75, 3.05) is 17.7 Å². The lowest BCUT2D eigenvalue weighted by molar-refractivity contribution is 0.385. The van der Waals surface area contributed by atoms with Crippen LogP contribution in [0.25, 0.3) is 0 Å². The molecular formula is C12H14BrN3O. The molecule has 2 aromatic rings. The average molecular weight is 296 g/mol. The van der Waals surface area contributed by atoms with Gasteiger partial charge >= 0.3 is 0 Å². The zero-order valence-corrected chi connectivity index (χ0v) is 11.4. The van der Waals surface area contributed by atoms with Gasteiger partial charge in [-0.05, 0) is 24.6 Å². The van der Waals surface area contributed by atoms with Gasteiger partial charge < -0.3 is 15.2 Å². The molecule has 0 unspecified atom stereocenters. The van der Waals surface area contributed by atoms with Crippen LogP contribution in [-0.2, 0) is 6.54 Å². The molecule has 2 rings (SSSR count). The van der Waals surface area contributed by atoms with Crippen LogP contribution in [0.5, 0.6) is 0 Å². The van der Waals surface area contributed by atoms with Crippen molar-refractivity contribution in [2.24, 2.45) is 0 Å². The summed E-state index contributed by atoms with van der Waals surface area (Å²) in [5, 5.41) is 3.67. The van der Waals surface area contributed by atoms with Crippen molar-refractivity contribution in [2.45, 2.75) is 13.5 Å². The first-order valence-electron chi connectivity index (χ1n) is 5.24. The Morgan fingerprint density at radius 1 is 1.41 bits per heavy atom. The highest BCUT2D eigenvalue weighted by atomic mass is 79.9. The number of nitrogens with two attached hydrogens (primary N) is 1. The number of hydrogen-bond donors (Lipinski definition) is 1. The molecule has 17 heavy (non-hydrogen) atoms. The molecule has 1 aromatic carbocycles. The molecule has 0 bridgehead atoms. The van der Waals surface area contributed by atoms with Crippen LogP contribution in [0.3, 0.4) is 0 Å². The number of anilines is 2. The summed E-state index contributed by atoms with van der Waals surface area (Å²) in [6.07, 6.45) is 0. The molecule has 90 valence electrons. The maximum Gasteiger partial charge on any atom is 0.167 e. The summed E-state index contributed by atoms with van der Waals surface area (Å²) in [6.45, 7) is 2.72. The van der Waals surface area contributed by atoms with Gasteiger partial charge in [0, 0.05) is 23.3 Å². The van der Waals surface area contributed by atoms with Crippen LogP contribution >= 0.6 is 15.9 Å². The molecule has 0 atom stereocenters. The smallest absolute Gasteiger partial charge is 0.167 e. The Morgan fingerprint density at radius 2 is 2.18 bits per heavy atom. The summed E-state index contributed by atoms with van der Waals surface area (Å²) in [7, 11) is 2.01. The first kappa shape index (κ1) is 12.0. The fraction of sp³-hybridized carbons (Fsp3) is 0.250. The molecule has 0 aliphatic carbocycles. The highest BCUT2D eigenvalue weighted by Crippen LogP contribution is 2.25. The van der Waals surface area contributed by atoms with Gasteiger partial charge in [-0.25, -0.2) is 0 Å². The standard InChI is InChI=1S/C12H14BrN3O/c1-8-3-4-9(13)5-11(8)16(2)7-10-6-12(14)15-17-10/h3-6H,7H2,1-2H3,(H2,14,15). The van der Waals surface area contributed by atoms with E-state index in [-0.39, 0.29) is 0 Å². The van der Waals surface area contributed by atoms with Crippen LogP contribution in [-0.4, -0.2) is 12.2 Å². The quantitative estimate of drug-likeness (QED) is 0.946. The van der Waals surface area contributed by atoms with Crippen molar-refractivity contribution >= 4 is 27.4 Å². The van der Waals surface area contributed by atoms with Crippen LogP contribution in [0.15, 0.2) is 33.3 Å². The van der Waals surface area contributed by atoms with Crippen molar-refractivity contribution in [1.82, 2.24) is 5.16 Å². The number of aryl methyl sites for hydroxylation is 1. The van der Waals surface area contributed by atoms with Crippen molar-refractivity contribution in [3.63, 3.8) is 0 Å². The predicted octanol–water partition coefficient (Wildman–Crippen LogP) is 2.96. The van der Waals surface area contributed by atoms with Crippen LogP contribution in [0.4, 0.5) is 11.5 Å². The number of halogens is 1. The van der Waals surface area contributed by atoms with Gasteiger partial charge in [0.05, 0.1) is 6.54 Å². The molecule has 0 saturated carbocycles. The van der Waals surface area contributed by atoms with Crippen molar-refractivity contribution in [3.05, 3.63) is 40.1 Å². The van der Waals surface area contributed by atoms with Gasteiger partial charge in [0.2, 0.25) is 0 Å². The molecule has 0 amide bonds. The van der Waals surface area contributed by atoms with Crippen molar-refractivity contribution in [1.29, 1.82) is 0 Å². The number of hydrogen-bond acceptors (Lipinski definition) is 4. The minimum atomic E-state index is 0.416. The highest BCUT2D eigenvalue weighted by molar-refractivity contribution is 9.10. The molecule has 0 fully saturated rings. The van der Waals surface area contributed by atoms with Crippen LogP contribution in [0, 0.1) is 6.92 Å². The van der Waals surface area contributed by atoms with E-state index in [0.29, 0.717) is 12.4 Å². The lowest BCUT2D eigenvalue weighted by atomic mass is 10.2. The Bertz CT molecular complexity index is 524. The zero-order chi connectivity index (χ0) is 12.4. The zero-order valence-electron chi connectivity index (χ0n) is 9.77. The monoisotopic (exact) mass is 295 g/mol. The largest absolute Gasteiger partial charge is 0.381 e. The predicted molar refractivity (Wildman–Crippen MR) is 71.9 cm³/mol. The highest BCUT2D eigenvalue weighted by Gasteiger charge is 2.09. The number of benzene rings is 1. The third-order valence-corrected chi connectivity index (χ3v) is 3.05. The molecular weight excluding hydrogens is 282 g/mol. The maximum atomic E-state index is 5.52. The summed E-state index contributed by atoms with van der Waals surface area (Å²) in [4.78, 5) is 2.10. The Kier molecular flexibility index (Phi) is 3.38. The van der Waals surface area contributed by atoms with Gasteiger partial charge in [-0.15, -0.1) is 0 Å². The Hall–Kier alpha value is -1.49. The van der Waals surface area contributed by atoms with Gasteiger partial charge in [-0.2, -0.15) is 0 Å². The second kappa shape index (κ2) is 4.79. The fourth-order valence-corrected chi connectivity index (χ4v) is 2.07. The summed E-state index contributed by atoms with van der Waals surface area (Å²) >= 11 is 3.47. The van der Waals surface area contributed by atoms with E-state index in [1.165, 1.54) is 5.56 Å². The SMILES string of the molecule is Cc1ccc(Br)cc1N(C)Cc1cc(N)no1. The van der Waals surface area contributed by atoms with Gasteiger partial charge in [-0.3, -0.25) is 0 Å². The van der Waals surface area contributed by atoms with E-state index in [4.69, 9.17) is 10.3 Å². The second-order valence-electron chi connectivity index (χ2n) is 4.00. The molecule has 0 saturated heterocycles. The van der Waals surface area contributed by atoms with E-state index in [1.54, 1.807) is 6.07 Å². The molecule has 2 N–H and O–H groups in total. The molecule has 5 heteroatoms. The number of aromatic nitrogens is 1. The lowest BCUT2D eigenvalue weighted by Gasteiger charge is -2.20. The first-order chi connectivity index (χ1) is 8.06. The third-order valence-electron chi connectivity index (χ3n) is 2.55. The fourth-order valence-electron chi connectivity index (χ4n) is 1.72. The average Bonchev–Trinajstić information content (AvgIpc) is 2.67. The summed E-state index contributed by atoms with van der Waals surface area (Å²) in [5.41, 5.74) is 7.87. The number of rotatable bonds is 3. The molecule has 1 heterocycles. The topological polar surface area (TPSA) is 55.3 Å². The van der Waals surface area contributed by atoms with Crippen molar-refractivity contribution in [3.8, 4) is 0 Å². The molecule has 0 radical (unpaired) electrons. The van der Waals surface area contributed by atoms with Crippen molar-refractivity contribution < 1.29 is 4.52 Å². The Balaban J connectivity index is 2.19. The minimum Gasteiger partial charge on any atom is -0.381 e. The molecule has 0 aliphatic heterocycles. The first-order valence-corrected chi connectivity index (χ1v) is 6.04. The lowest BCUT2D eigenvalue weighted by Crippen LogP contribution is -2.17. The maximum absolute atomic E-state index is 5.52. The van der Waals surface area contributed by atoms with E-state index in [9.17, 15) is 0 Å². The van der Waals surface area contributed by atoms with Gasteiger partial charge in [0.25, 0.3) is 0 Å². The van der Waals surface area contributed by atoms with Crippen LogP contribution in [0.2, 0.25) is 0 Å². The summed E-state index contributed by atoms with van der Waals surface area (Å²) < 4.78 is 6.16. The molecule has 0 spiro atoms. The molecule has 4 nitrogen and oxygen atoms in total. The van der Waals surface area contributed by atoms with Crippen LogP contribution in [0.1, 0.15) is 11.3 Å². The van der Waals surface area contributed by atoms with E-state index >= 15 is 0 Å². The number of nitrogens with zero attached hydrogens (tertiary/aromatic N) is 2. The molecule has 0 aliphatic rings. The second-order valence-corrected chi connectivity index (χ2v) is 4.92. The summed E-state index contributed by atoms with van der Waals surface area (Å²) in [6, 6.07) is 7.92. The van der Waals surface area contributed by atoms with E-state index in [1.807, 2.05) is 13.1 Å². The van der Waals surface area contributed by atoms with E-state index in [0.717, 1.165) is 15.9 Å². The normalized spacial score (nSPS) is 10.5. The van der Waals surface area contributed by atoms with E-state index < -0.39 is 0 Å². The van der Waals surface area contributed by atoms with Gasteiger partial charge in [0.15, 0.2) is 11.6 Å².